The van der Waals surface area contributed by atoms with Crippen LogP contribution in [0.1, 0.15) is 49.7 Å². The molecule has 1 aromatic heterocycles. The zero-order valence-corrected chi connectivity index (χ0v) is 18.3. The minimum absolute atomic E-state index is 0.162. The average molecular weight is 421 g/mol. The molecule has 7 nitrogen and oxygen atoms in total. The zero-order chi connectivity index (χ0) is 21.2. The van der Waals surface area contributed by atoms with E-state index in [1.165, 1.54) is 6.20 Å². The summed E-state index contributed by atoms with van der Waals surface area (Å²) in [6.45, 7) is 8.56. The van der Waals surface area contributed by atoms with E-state index in [4.69, 9.17) is 21.1 Å². The number of anilines is 1. The fourth-order valence-electron chi connectivity index (χ4n) is 2.71. The van der Waals surface area contributed by atoms with Crippen molar-refractivity contribution in [1.29, 1.82) is 0 Å². The normalized spacial score (nSPS) is 10.5. The Morgan fingerprint density at radius 2 is 1.97 bits per heavy atom. The third kappa shape index (κ3) is 6.22. The van der Waals surface area contributed by atoms with Gasteiger partial charge in [-0.1, -0.05) is 31.0 Å². The van der Waals surface area contributed by atoms with Gasteiger partial charge in [0.15, 0.2) is 17.2 Å². The molecule has 0 fully saturated rings. The second kappa shape index (κ2) is 11.5. The summed E-state index contributed by atoms with van der Waals surface area (Å²) >= 11 is 6.15. The first-order valence-corrected chi connectivity index (χ1v) is 10.3. The Bertz CT molecular complexity index is 813. The smallest absolute Gasteiger partial charge is 0.271 e. The fraction of sp³-hybridized carbons (Fsp3) is 0.476. The van der Waals surface area contributed by atoms with E-state index in [2.05, 4.69) is 22.2 Å². The number of carbonyl (C=O) groups is 1. The largest absolute Gasteiger partial charge is 0.493 e. The molecule has 0 aliphatic rings. The van der Waals surface area contributed by atoms with Crippen LogP contribution in [0, 0.1) is 0 Å². The number of methoxy groups -OCH3 is 1. The van der Waals surface area contributed by atoms with E-state index in [0.29, 0.717) is 30.6 Å². The highest BCUT2D eigenvalue weighted by Crippen LogP contribution is 2.28. The van der Waals surface area contributed by atoms with Gasteiger partial charge in [-0.15, -0.1) is 0 Å². The van der Waals surface area contributed by atoms with Gasteiger partial charge in [0.05, 0.1) is 24.9 Å². The van der Waals surface area contributed by atoms with Crippen molar-refractivity contribution in [3.63, 3.8) is 0 Å². The maximum Gasteiger partial charge on any atom is 0.271 e. The number of hydrogen-bond donors (Lipinski definition) is 1. The molecule has 0 atom stereocenters. The Kier molecular flexibility index (Phi) is 8.99. The van der Waals surface area contributed by atoms with E-state index in [1.54, 1.807) is 7.11 Å². The van der Waals surface area contributed by atoms with Gasteiger partial charge in [-0.2, -0.15) is 0 Å². The van der Waals surface area contributed by atoms with Crippen LogP contribution in [0.4, 0.5) is 5.95 Å². The van der Waals surface area contributed by atoms with Gasteiger partial charge in [-0.25, -0.2) is 9.97 Å². The molecule has 0 saturated carbocycles. The quantitative estimate of drug-likeness (QED) is 0.551. The maximum absolute atomic E-state index is 12.6. The first-order valence-electron chi connectivity index (χ1n) is 9.89. The van der Waals surface area contributed by atoms with E-state index in [-0.39, 0.29) is 16.6 Å². The van der Waals surface area contributed by atoms with Crippen molar-refractivity contribution in [1.82, 2.24) is 15.3 Å². The molecule has 2 aromatic rings. The van der Waals surface area contributed by atoms with Crippen molar-refractivity contribution in [2.75, 3.05) is 31.7 Å². The molecule has 0 saturated heterocycles. The summed E-state index contributed by atoms with van der Waals surface area (Å²) in [6, 6.07) is 5.60. The van der Waals surface area contributed by atoms with E-state index < -0.39 is 0 Å². The van der Waals surface area contributed by atoms with Gasteiger partial charge in [0, 0.05) is 19.6 Å². The van der Waals surface area contributed by atoms with E-state index in [9.17, 15) is 4.79 Å². The molecule has 0 unspecified atom stereocenters. The number of unbranched alkanes of at least 4 members (excludes halogenated alkanes) is 1. The Morgan fingerprint density at radius 3 is 2.62 bits per heavy atom. The SMILES string of the molecule is CCCCOc1ccc(CNC(=O)c2nc(N(CC)CC)ncc2Cl)cc1OC. The number of rotatable bonds is 11. The Balaban J connectivity index is 2.07. The van der Waals surface area contributed by atoms with Crippen molar-refractivity contribution in [2.24, 2.45) is 0 Å². The van der Waals surface area contributed by atoms with E-state index in [0.717, 1.165) is 31.5 Å². The number of benzene rings is 1. The molecular formula is C21H29ClN4O3. The molecule has 158 valence electrons. The lowest BCUT2D eigenvalue weighted by atomic mass is 10.2. The fourth-order valence-corrected chi connectivity index (χ4v) is 2.89. The van der Waals surface area contributed by atoms with Crippen LogP contribution in [-0.4, -0.2) is 42.7 Å². The molecule has 1 N–H and O–H groups in total. The number of aromatic nitrogens is 2. The van der Waals surface area contributed by atoms with Crippen molar-refractivity contribution in [3.05, 3.63) is 40.7 Å². The second-order valence-electron chi connectivity index (χ2n) is 6.41. The molecule has 8 heteroatoms. The lowest BCUT2D eigenvalue weighted by Crippen LogP contribution is -2.28. The van der Waals surface area contributed by atoms with Crippen LogP contribution in [-0.2, 0) is 6.54 Å². The van der Waals surface area contributed by atoms with Crippen LogP contribution in [0.25, 0.3) is 0 Å². The topological polar surface area (TPSA) is 76.6 Å². The van der Waals surface area contributed by atoms with Gasteiger partial charge >= 0.3 is 0 Å². The lowest BCUT2D eigenvalue weighted by molar-refractivity contribution is 0.0946. The van der Waals surface area contributed by atoms with Gasteiger partial charge in [0.25, 0.3) is 5.91 Å². The van der Waals surface area contributed by atoms with Crippen LogP contribution in [0.5, 0.6) is 11.5 Å². The molecule has 29 heavy (non-hydrogen) atoms. The van der Waals surface area contributed by atoms with E-state index in [1.807, 2.05) is 36.9 Å². The zero-order valence-electron chi connectivity index (χ0n) is 17.5. The number of halogens is 1. The molecule has 1 aromatic carbocycles. The second-order valence-corrected chi connectivity index (χ2v) is 6.82. The Hall–Kier alpha value is -2.54. The van der Waals surface area contributed by atoms with Crippen molar-refractivity contribution < 1.29 is 14.3 Å². The summed E-state index contributed by atoms with van der Waals surface area (Å²) in [5.41, 5.74) is 1.04. The molecule has 0 aliphatic heterocycles. The van der Waals surface area contributed by atoms with Gasteiger partial charge in [0.2, 0.25) is 5.95 Å². The number of nitrogens with one attached hydrogen (secondary N) is 1. The third-order valence-corrected chi connectivity index (χ3v) is 4.71. The highest BCUT2D eigenvalue weighted by molar-refractivity contribution is 6.33. The van der Waals surface area contributed by atoms with Crippen LogP contribution in [0.3, 0.4) is 0 Å². The molecule has 0 radical (unpaired) electrons. The van der Waals surface area contributed by atoms with Gasteiger partial charge in [-0.3, -0.25) is 4.79 Å². The monoisotopic (exact) mass is 420 g/mol. The van der Waals surface area contributed by atoms with Crippen molar-refractivity contribution >= 4 is 23.5 Å². The molecule has 1 amide bonds. The first kappa shape index (κ1) is 22.7. The highest BCUT2D eigenvalue weighted by Gasteiger charge is 2.16. The highest BCUT2D eigenvalue weighted by atomic mass is 35.5. The number of carbonyl (C=O) groups excluding carboxylic acids is 1. The summed E-state index contributed by atoms with van der Waals surface area (Å²) in [5.74, 6) is 1.46. The molecule has 0 bridgehead atoms. The van der Waals surface area contributed by atoms with Crippen molar-refractivity contribution in [2.45, 2.75) is 40.2 Å². The number of amides is 1. The van der Waals surface area contributed by atoms with Crippen LogP contribution in [0.15, 0.2) is 24.4 Å². The summed E-state index contributed by atoms with van der Waals surface area (Å²) in [5, 5.41) is 3.07. The summed E-state index contributed by atoms with van der Waals surface area (Å²) in [6.07, 6.45) is 3.51. The molecule has 1 heterocycles. The predicted octanol–water partition coefficient (Wildman–Crippen LogP) is 4.09. The summed E-state index contributed by atoms with van der Waals surface area (Å²) in [7, 11) is 1.60. The standard InChI is InChI=1S/C21H29ClN4O3/c1-5-8-11-29-17-10-9-15(12-18(17)28-4)13-23-20(27)19-16(22)14-24-21(25-19)26(6-2)7-3/h9-10,12,14H,5-8,11,13H2,1-4H3,(H,23,27). The lowest BCUT2D eigenvalue weighted by Gasteiger charge is -2.19. The van der Waals surface area contributed by atoms with Crippen LogP contribution < -0.4 is 19.7 Å². The number of nitrogens with zero attached hydrogens (tertiary/aromatic N) is 3. The van der Waals surface area contributed by atoms with Gasteiger partial charge in [-0.05, 0) is 38.0 Å². The molecule has 0 spiro atoms. The Morgan fingerprint density at radius 1 is 1.21 bits per heavy atom. The molecule has 0 aliphatic carbocycles. The van der Waals surface area contributed by atoms with Gasteiger partial charge in [0.1, 0.15) is 0 Å². The number of hydrogen-bond acceptors (Lipinski definition) is 6. The first-order chi connectivity index (χ1) is 14.0. The van der Waals surface area contributed by atoms with E-state index >= 15 is 0 Å². The van der Waals surface area contributed by atoms with Gasteiger partial charge < -0.3 is 19.7 Å². The predicted molar refractivity (Wildman–Crippen MR) is 115 cm³/mol. The van der Waals surface area contributed by atoms with Crippen molar-refractivity contribution in [3.8, 4) is 11.5 Å². The van der Waals surface area contributed by atoms with Crippen LogP contribution in [0.2, 0.25) is 5.02 Å². The summed E-state index contributed by atoms with van der Waals surface area (Å²) < 4.78 is 11.1. The summed E-state index contributed by atoms with van der Waals surface area (Å²) in [4.78, 5) is 23.1. The third-order valence-electron chi connectivity index (χ3n) is 4.43. The maximum atomic E-state index is 12.6. The Labute approximate surface area is 177 Å². The molecular weight excluding hydrogens is 392 g/mol. The van der Waals surface area contributed by atoms with Crippen LogP contribution >= 0.6 is 11.6 Å². The average Bonchev–Trinajstić information content (AvgIpc) is 2.74. The molecule has 2 rings (SSSR count). The minimum Gasteiger partial charge on any atom is -0.493 e. The number of ether oxygens (including phenoxy) is 2. The minimum atomic E-state index is -0.354.